The van der Waals surface area contributed by atoms with Gasteiger partial charge >= 0.3 is 0 Å². The van der Waals surface area contributed by atoms with Crippen molar-refractivity contribution >= 4 is 27.5 Å². The van der Waals surface area contributed by atoms with Crippen LogP contribution in [0.3, 0.4) is 0 Å². The summed E-state index contributed by atoms with van der Waals surface area (Å²) in [6.45, 7) is 0. The summed E-state index contributed by atoms with van der Waals surface area (Å²) in [6.07, 6.45) is 0. The van der Waals surface area contributed by atoms with Crippen molar-refractivity contribution < 1.29 is 9.18 Å². The number of anilines is 1. The van der Waals surface area contributed by atoms with Crippen molar-refractivity contribution in [2.24, 2.45) is 0 Å². The van der Waals surface area contributed by atoms with Gasteiger partial charge in [0, 0.05) is 22.8 Å². The number of benzene rings is 2. The van der Waals surface area contributed by atoms with Crippen LogP contribution in [0.5, 0.6) is 0 Å². The Balaban J connectivity index is 2.29. The van der Waals surface area contributed by atoms with Gasteiger partial charge in [-0.3, -0.25) is 4.79 Å². The number of nitriles is 1. The average molecular weight is 333 g/mol. The molecular formula is C15H10BrFN2O. The Hall–Kier alpha value is -2.19. The number of carbonyl (C=O) groups excluding carboxylic acids is 1. The number of hydrogen-bond acceptors (Lipinski definition) is 2. The first-order valence-electron chi connectivity index (χ1n) is 5.75. The zero-order valence-corrected chi connectivity index (χ0v) is 12.2. The summed E-state index contributed by atoms with van der Waals surface area (Å²) in [4.78, 5) is 13.7. The lowest BCUT2D eigenvalue weighted by Crippen LogP contribution is -2.26. The molecule has 0 N–H and O–H groups in total. The molecule has 0 heterocycles. The molecular weight excluding hydrogens is 323 g/mol. The van der Waals surface area contributed by atoms with E-state index >= 15 is 0 Å². The normalized spacial score (nSPS) is 9.90. The van der Waals surface area contributed by atoms with E-state index in [1.165, 1.54) is 17.0 Å². The molecule has 0 bridgehead atoms. The summed E-state index contributed by atoms with van der Waals surface area (Å²) in [5.41, 5.74) is 1.40. The van der Waals surface area contributed by atoms with Crippen LogP contribution in [0.15, 0.2) is 46.9 Å². The Bertz CT molecular complexity index is 672. The van der Waals surface area contributed by atoms with Gasteiger partial charge in [0.1, 0.15) is 5.82 Å². The van der Waals surface area contributed by atoms with Gasteiger partial charge in [-0.05, 0) is 42.5 Å². The Morgan fingerprint density at radius 2 is 1.90 bits per heavy atom. The van der Waals surface area contributed by atoms with Gasteiger partial charge in [-0.2, -0.15) is 5.26 Å². The molecule has 2 rings (SSSR count). The first-order chi connectivity index (χ1) is 9.51. The standard InChI is InChI=1S/C15H10BrFN2O/c1-19(14-4-2-10(9-18)3-5-14)15(20)11-6-12(16)8-13(17)7-11/h2-8H,1H3. The lowest BCUT2D eigenvalue weighted by Gasteiger charge is -2.17. The SMILES string of the molecule is CN(C(=O)c1cc(F)cc(Br)c1)c1ccc(C#N)cc1. The van der Waals surface area contributed by atoms with Gasteiger partial charge in [0.2, 0.25) is 0 Å². The molecule has 0 saturated carbocycles. The van der Waals surface area contributed by atoms with Crippen molar-refractivity contribution in [2.75, 3.05) is 11.9 Å². The monoisotopic (exact) mass is 332 g/mol. The van der Waals surface area contributed by atoms with Crippen LogP contribution in [0.4, 0.5) is 10.1 Å². The second kappa shape index (κ2) is 5.85. The van der Waals surface area contributed by atoms with E-state index in [0.29, 0.717) is 15.7 Å². The maximum atomic E-state index is 13.3. The molecule has 0 radical (unpaired) electrons. The zero-order valence-electron chi connectivity index (χ0n) is 10.6. The zero-order chi connectivity index (χ0) is 14.7. The summed E-state index contributed by atoms with van der Waals surface area (Å²) in [5.74, 6) is -0.800. The fraction of sp³-hybridized carbons (Fsp3) is 0.0667. The van der Waals surface area contributed by atoms with Gasteiger partial charge in [0.15, 0.2) is 0 Å². The van der Waals surface area contributed by atoms with E-state index in [2.05, 4.69) is 15.9 Å². The number of carbonyl (C=O) groups is 1. The summed E-state index contributed by atoms with van der Waals surface area (Å²) in [5, 5.41) is 8.74. The third-order valence-electron chi connectivity index (χ3n) is 2.80. The summed E-state index contributed by atoms with van der Waals surface area (Å²) in [6, 6.07) is 12.6. The van der Waals surface area contributed by atoms with Crippen LogP contribution in [0, 0.1) is 17.1 Å². The Kier molecular flexibility index (Phi) is 4.16. The molecule has 0 atom stereocenters. The van der Waals surface area contributed by atoms with Crippen molar-refractivity contribution in [2.45, 2.75) is 0 Å². The third-order valence-corrected chi connectivity index (χ3v) is 3.26. The molecule has 0 fully saturated rings. The lowest BCUT2D eigenvalue weighted by atomic mass is 10.1. The second-order valence-corrected chi connectivity index (χ2v) is 5.10. The highest BCUT2D eigenvalue weighted by atomic mass is 79.9. The van der Waals surface area contributed by atoms with Crippen LogP contribution in [-0.4, -0.2) is 13.0 Å². The van der Waals surface area contributed by atoms with E-state index in [0.717, 1.165) is 0 Å². The third kappa shape index (κ3) is 3.03. The Labute approximate surface area is 124 Å². The highest BCUT2D eigenvalue weighted by molar-refractivity contribution is 9.10. The molecule has 3 nitrogen and oxygen atoms in total. The molecule has 1 amide bonds. The highest BCUT2D eigenvalue weighted by Gasteiger charge is 2.15. The molecule has 0 aromatic heterocycles. The van der Waals surface area contributed by atoms with Gasteiger partial charge in [-0.1, -0.05) is 15.9 Å². The molecule has 0 aliphatic carbocycles. The van der Waals surface area contributed by atoms with Gasteiger partial charge < -0.3 is 4.90 Å². The topological polar surface area (TPSA) is 44.1 Å². The van der Waals surface area contributed by atoms with Crippen molar-refractivity contribution in [1.29, 1.82) is 5.26 Å². The first-order valence-corrected chi connectivity index (χ1v) is 6.55. The van der Waals surface area contributed by atoms with E-state index in [-0.39, 0.29) is 11.5 Å². The number of hydrogen-bond donors (Lipinski definition) is 0. The molecule has 5 heteroatoms. The summed E-state index contributed by atoms with van der Waals surface area (Å²) >= 11 is 3.16. The van der Waals surface area contributed by atoms with E-state index in [1.807, 2.05) is 6.07 Å². The van der Waals surface area contributed by atoms with Crippen molar-refractivity contribution in [3.63, 3.8) is 0 Å². The lowest BCUT2D eigenvalue weighted by molar-refractivity contribution is 0.0992. The predicted octanol–water partition coefficient (Wildman–Crippen LogP) is 3.74. The first kappa shape index (κ1) is 14.2. The van der Waals surface area contributed by atoms with Crippen molar-refractivity contribution in [3.05, 3.63) is 63.9 Å². The molecule has 0 aliphatic rings. The van der Waals surface area contributed by atoms with Crippen molar-refractivity contribution in [3.8, 4) is 6.07 Å². The maximum Gasteiger partial charge on any atom is 0.258 e. The number of rotatable bonds is 2. The summed E-state index contributed by atoms with van der Waals surface area (Å²) in [7, 11) is 1.60. The molecule has 0 spiro atoms. The maximum absolute atomic E-state index is 13.3. The molecule has 20 heavy (non-hydrogen) atoms. The second-order valence-electron chi connectivity index (χ2n) is 4.18. The van der Waals surface area contributed by atoms with E-state index in [4.69, 9.17) is 5.26 Å². The largest absolute Gasteiger partial charge is 0.311 e. The molecule has 2 aromatic carbocycles. The van der Waals surface area contributed by atoms with E-state index < -0.39 is 5.82 Å². The minimum atomic E-state index is -0.476. The fourth-order valence-electron chi connectivity index (χ4n) is 1.75. The average Bonchev–Trinajstić information content (AvgIpc) is 2.45. The van der Waals surface area contributed by atoms with Gasteiger partial charge in [0.25, 0.3) is 5.91 Å². The van der Waals surface area contributed by atoms with E-state index in [1.54, 1.807) is 37.4 Å². The van der Waals surface area contributed by atoms with Gasteiger partial charge in [-0.15, -0.1) is 0 Å². The van der Waals surface area contributed by atoms with Crippen LogP contribution in [0.2, 0.25) is 0 Å². The van der Waals surface area contributed by atoms with Crippen LogP contribution in [-0.2, 0) is 0 Å². The number of nitrogens with zero attached hydrogens (tertiary/aromatic N) is 2. The van der Waals surface area contributed by atoms with Crippen LogP contribution >= 0.6 is 15.9 Å². The van der Waals surface area contributed by atoms with Gasteiger partial charge in [-0.25, -0.2) is 4.39 Å². The van der Waals surface area contributed by atoms with Crippen molar-refractivity contribution in [1.82, 2.24) is 0 Å². The van der Waals surface area contributed by atoms with Gasteiger partial charge in [0.05, 0.1) is 11.6 Å². The molecule has 100 valence electrons. The molecule has 0 unspecified atom stereocenters. The fourth-order valence-corrected chi connectivity index (χ4v) is 2.21. The molecule has 2 aromatic rings. The number of amides is 1. The molecule has 0 saturated heterocycles. The minimum absolute atomic E-state index is 0.253. The van der Waals surface area contributed by atoms with Crippen LogP contribution in [0.25, 0.3) is 0 Å². The minimum Gasteiger partial charge on any atom is -0.311 e. The van der Waals surface area contributed by atoms with Crippen LogP contribution < -0.4 is 4.90 Å². The van der Waals surface area contributed by atoms with Crippen LogP contribution in [0.1, 0.15) is 15.9 Å². The highest BCUT2D eigenvalue weighted by Crippen LogP contribution is 2.20. The quantitative estimate of drug-likeness (QED) is 0.840. The predicted molar refractivity (Wildman–Crippen MR) is 78.0 cm³/mol. The Morgan fingerprint density at radius 3 is 2.45 bits per heavy atom. The van der Waals surface area contributed by atoms with E-state index in [9.17, 15) is 9.18 Å². The molecule has 0 aliphatic heterocycles. The summed E-state index contributed by atoms with van der Waals surface area (Å²) < 4.78 is 13.8. The Morgan fingerprint density at radius 1 is 1.25 bits per heavy atom. The number of halogens is 2. The smallest absolute Gasteiger partial charge is 0.258 e.